The number of aromatic nitrogens is 1. The van der Waals surface area contributed by atoms with E-state index < -0.39 is 10.0 Å². The van der Waals surface area contributed by atoms with Gasteiger partial charge in [-0.3, -0.25) is 0 Å². The second kappa shape index (κ2) is 6.24. The van der Waals surface area contributed by atoms with Gasteiger partial charge in [-0.25, -0.2) is 17.7 Å². The van der Waals surface area contributed by atoms with E-state index in [2.05, 4.69) is 4.98 Å². The van der Waals surface area contributed by atoms with Gasteiger partial charge in [0.25, 0.3) is 0 Å². The smallest absolute Gasteiger partial charge is 0.244 e. The molecule has 21 heavy (non-hydrogen) atoms. The largest absolute Gasteiger partial charge is 0.355 e. The Bertz CT molecular complexity index is 683. The molecule has 0 aliphatic carbocycles. The Morgan fingerprint density at radius 2 is 1.67 bits per heavy atom. The fourth-order valence-electron chi connectivity index (χ4n) is 1.90. The minimum absolute atomic E-state index is 0.198. The van der Waals surface area contributed by atoms with Gasteiger partial charge in [-0.2, -0.15) is 0 Å². The van der Waals surface area contributed by atoms with Crippen LogP contribution in [0.4, 0.5) is 5.82 Å². The second-order valence-electron chi connectivity index (χ2n) is 4.98. The van der Waals surface area contributed by atoms with Crippen molar-refractivity contribution in [3.63, 3.8) is 0 Å². The molecule has 1 aromatic carbocycles. The standard InChI is InChI=1S/C15H19N3O2S/c1-17(2)21(19,20)14-9-10-15(16-11-14)18(3)12-13-7-5-4-6-8-13/h4-11H,12H2,1-3H3. The molecule has 1 aromatic heterocycles. The highest BCUT2D eigenvalue weighted by atomic mass is 32.2. The zero-order chi connectivity index (χ0) is 15.5. The minimum atomic E-state index is -3.43. The van der Waals surface area contributed by atoms with Crippen molar-refractivity contribution in [1.82, 2.24) is 9.29 Å². The molecule has 5 nitrogen and oxygen atoms in total. The second-order valence-corrected chi connectivity index (χ2v) is 7.13. The van der Waals surface area contributed by atoms with Crippen molar-refractivity contribution in [2.24, 2.45) is 0 Å². The van der Waals surface area contributed by atoms with Crippen LogP contribution in [-0.4, -0.2) is 38.9 Å². The predicted molar refractivity (Wildman–Crippen MR) is 83.7 cm³/mol. The molecule has 1 heterocycles. The Hall–Kier alpha value is -1.92. The predicted octanol–water partition coefficient (Wildman–Crippen LogP) is 1.97. The summed E-state index contributed by atoms with van der Waals surface area (Å²) < 4.78 is 25.1. The highest BCUT2D eigenvalue weighted by Crippen LogP contribution is 2.17. The van der Waals surface area contributed by atoms with Crippen molar-refractivity contribution in [2.45, 2.75) is 11.4 Å². The van der Waals surface area contributed by atoms with Crippen LogP contribution in [0.15, 0.2) is 53.6 Å². The average molecular weight is 305 g/mol. The van der Waals surface area contributed by atoms with E-state index in [4.69, 9.17) is 0 Å². The van der Waals surface area contributed by atoms with Gasteiger partial charge < -0.3 is 4.90 Å². The quantitative estimate of drug-likeness (QED) is 0.847. The van der Waals surface area contributed by atoms with Crippen LogP contribution in [0.3, 0.4) is 0 Å². The maximum atomic E-state index is 12.0. The van der Waals surface area contributed by atoms with Crippen molar-refractivity contribution < 1.29 is 8.42 Å². The fourth-order valence-corrected chi connectivity index (χ4v) is 2.75. The molecule has 0 radical (unpaired) electrons. The first-order valence-corrected chi connectivity index (χ1v) is 7.99. The molecule has 0 fully saturated rings. The number of pyridine rings is 1. The van der Waals surface area contributed by atoms with E-state index in [1.807, 2.05) is 42.3 Å². The number of benzene rings is 1. The molecule has 0 saturated heterocycles. The van der Waals surface area contributed by atoms with Gasteiger partial charge in [0.2, 0.25) is 10.0 Å². The van der Waals surface area contributed by atoms with E-state index in [0.717, 1.165) is 5.82 Å². The summed E-state index contributed by atoms with van der Waals surface area (Å²) in [5.41, 5.74) is 1.17. The molecule has 0 spiro atoms. The van der Waals surface area contributed by atoms with Gasteiger partial charge in [0.15, 0.2) is 0 Å². The lowest BCUT2D eigenvalue weighted by Gasteiger charge is -2.19. The summed E-state index contributed by atoms with van der Waals surface area (Å²) in [7, 11) is 1.51. The van der Waals surface area contributed by atoms with Gasteiger partial charge >= 0.3 is 0 Å². The van der Waals surface area contributed by atoms with Gasteiger partial charge in [-0.15, -0.1) is 0 Å². The molecular formula is C15H19N3O2S. The van der Waals surface area contributed by atoms with Gasteiger partial charge in [-0.1, -0.05) is 30.3 Å². The molecule has 0 unspecified atom stereocenters. The molecule has 0 saturated carbocycles. The Morgan fingerprint density at radius 3 is 2.19 bits per heavy atom. The topological polar surface area (TPSA) is 53.5 Å². The molecule has 0 N–H and O–H groups in total. The third-order valence-electron chi connectivity index (χ3n) is 3.15. The van der Waals surface area contributed by atoms with Crippen LogP contribution >= 0.6 is 0 Å². The first kappa shape index (κ1) is 15.5. The molecule has 6 heteroatoms. The van der Waals surface area contributed by atoms with Gasteiger partial charge in [0.05, 0.1) is 0 Å². The average Bonchev–Trinajstić information content (AvgIpc) is 2.48. The summed E-state index contributed by atoms with van der Waals surface area (Å²) in [6.07, 6.45) is 1.40. The highest BCUT2D eigenvalue weighted by molar-refractivity contribution is 7.89. The summed E-state index contributed by atoms with van der Waals surface area (Å²) in [5.74, 6) is 0.733. The van der Waals surface area contributed by atoms with Gasteiger partial charge in [0.1, 0.15) is 10.7 Å². The number of sulfonamides is 1. The van der Waals surface area contributed by atoms with Crippen LogP contribution in [0.5, 0.6) is 0 Å². The fraction of sp³-hybridized carbons (Fsp3) is 0.267. The van der Waals surface area contributed by atoms with Crippen molar-refractivity contribution >= 4 is 15.8 Å². The highest BCUT2D eigenvalue weighted by Gasteiger charge is 2.17. The summed E-state index contributed by atoms with van der Waals surface area (Å²) >= 11 is 0. The van der Waals surface area contributed by atoms with Crippen LogP contribution in [0.1, 0.15) is 5.56 Å². The van der Waals surface area contributed by atoms with E-state index in [1.54, 1.807) is 12.1 Å². The van der Waals surface area contributed by atoms with Crippen LogP contribution in [0.2, 0.25) is 0 Å². The monoisotopic (exact) mass is 305 g/mol. The maximum absolute atomic E-state index is 12.0. The molecule has 2 aromatic rings. The lowest BCUT2D eigenvalue weighted by atomic mass is 10.2. The Labute approximate surface area is 125 Å². The third-order valence-corrected chi connectivity index (χ3v) is 4.95. The Kier molecular flexibility index (Phi) is 4.59. The lowest BCUT2D eigenvalue weighted by Crippen LogP contribution is -2.23. The third kappa shape index (κ3) is 3.59. The van der Waals surface area contributed by atoms with E-state index in [9.17, 15) is 8.42 Å². The summed E-state index contributed by atoms with van der Waals surface area (Å²) in [6.45, 7) is 0.716. The van der Waals surface area contributed by atoms with Crippen molar-refractivity contribution in [3.05, 3.63) is 54.2 Å². The van der Waals surface area contributed by atoms with Crippen molar-refractivity contribution in [1.29, 1.82) is 0 Å². The van der Waals surface area contributed by atoms with Crippen LogP contribution in [0.25, 0.3) is 0 Å². The molecule has 0 bridgehead atoms. The number of hydrogen-bond acceptors (Lipinski definition) is 4. The van der Waals surface area contributed by atoms with Crippen LogP contribution < -0.4 is 4.90 Å². The number of hydrogen-bond donors (Lipinski definition) is 0. The Morgan fingerprint density at radius 1 is 1.00 bits per heavy atom. The normalized spacial score (nSPS) is 11.6. The zero-order valence-electron chi connectivity index (χ0n) is 12.4. The zero-order valence-corrected chi connectivity index (χ0v) is 13.2. The van der Waals surface area contributed by atoms with Crippen molar-refractivity contribution in [3.8, 4) is 0 Å². The molecule has 112 valence electrons. The summed E-state index contributed by atoms with van der Waals surface area (Å²) in [4.78, 5) is 6.42. The number of anilines is 1. The first-order valence-electron chi connectivity index (χ1n) is 6.55. The number of rotatable bonds is 5. The molecule has 0 amide bonds. The van der Waals surface area contributed by atoms with Gasteiger partial charge in [0, 0.05) is 33.9 Å². The maximum Gasteiger partial charge on any atom is 0.244 e. The lowest BCUT2D eigenvalue weighted by molar-refractivity contribution is 0.520. The van der Waals surface area contributed by atoms with Crippen LogP contribution in [-0.2, 0) is 16.6 Å². The van der Waals surface area contributed by atoms with Crippen LogP contribution in [0, 0.1) is 0 Å². The number of nitrogens with zero attached hydrogens (tertiary/aromatic N) is 3. The SMILES string of the molecule is CN(Cc1ccccc1)c1ccc(S(=O)(=O)N(C)C)cn1. The molecule has 2 rings (SSSR count). The molecule has 0 atom stereocenters. The van der Waals surface area contributed by atoms with E-state index >= 15 is 0 Å². The van der Waals surface area contributed by atoms with Gasteiger partial charge in [-0.05, 0) is 17.7 Å². The Balaban J connectivity index is 2.16. The minimum Gasteiger partial charge on any atom is -0.355 e. The van der Waals surface area contributed by atoms with E-state index in [1.165, 1.54) is 30.2 Å². The first-order chi connectivity index (χ1) is 9.91. The van der Waals surface area contributed by atoms with Crippen molar-refractivity contribution in [2.75, 3.05) is 26.0 Å². The van der Waals surface area contributed by atoms with E-state index in [-0.39, 0.29) is 4.90 Å². The molecule has 0 aliphatic heterocycles. The molecular weight excluding hydrogens is 286 g/mol. The summed E-state index contributed by atoms with van der Waals surface area (Å²) in [5, 5.41) is 0. The van der Waals surface area contributed by atoms with E-state index in [0.29, 0.717) is 6.54 Å². The summed E-state index contributed by atoms with van der Waals surface area (Å²) in [6, 6.07) is 13.3. The molecule has 0 aliphatic rings.